The van der Waals surface area contributed by atoms with Gasteiger partial charge in [0.2, 0.25) is 0 Å². The van der Waals surface area contributed by atoms with Gasteiger partial charge in [-0.05, 0) is 24.3 Å². The topological polar surface area (TPSA) is 50.3 Å². The van der Waals surface area contributed by atoms with Crippen molar-refractivity contribution >= 4 is 5.65 Å². The van der Waals surface area contributed by atoms with Gasteiger partial charge in [0.25, 0.3) is 0 Å². The molecule has 3 aromatic rings. The van der Waals surface area contributed by atoms with Gasteiger partial charge >= 0.3 is 0 Å². The lowest BCUT2D eigenvalue weighted by molar-refractivity contribution is 0.300. The molecule has 0 saturated heterocycles. The zero-order valence-corrected chi connectivity index (χ0v) is 10.5. The van der Waals surface area contributed by atoms with Crippen LogP contribution in [0.5, 0.6) is 5.75 Å². The molecular weight excluding hydrogens is 257 g/mol. The summed E-state index contributed by atoms with van der Waals surface area (Å²) >= 11 is 0. The summed E-state index contributed by atoms with van der Waals surface area (Å²) < 4.78 is 20.8. The molecule has 0 aliphatic carbocycles. The number of rotatable bonds is 3. The van der Waals surface area contributed by atoms with Crippen LogP contribution in [0.3, 0.4) is 0 Å². The molecule has 0 spiro atoms. The molecule has 0 bridgehead atoms. The van der Waals surface area contributed by atoms with E-state index in [1.54, 1.807) is 12.1 Å². The smallest absolute Gasteiger partial charge is 0.144 e. The fraction of sp³-hybridized carbons (Fsp3) is 0.0667. The van der Waals surface area contributed by atoms with E-state index in [2.05, 4.69) is 4.98 Å². The predicted molar refractivity (Wildman–Crippen MR) is 70.6 cm³/mol. The Hall–Kier alpha value is -2.87. The summed E-state index contributed by atoms with van der Waals surface area (Å²) in [6.45, 7) is 0.243. The Kier molecular flexibility index (Phi) is 3.05. The van der Waals surface area contributed by atoms with E-state index >= 15 is 0 Å². The number of imidazole rings is 1. The molecule has 2 heterocycles. The van der Waals surface area contributed by atoms with E-state index in [1.807, 2.05) is 35.0 Å². The van der Waals surface area contributed by atoms with Gasteiger partial charge < -0.3 is 9.14 Å². The van der Waals surface area contributed by atoms with Gasteiger partial charge in [-0.3, -0.25) is 0 Å². The molecule has 0 aliphatic rings. The van der Waals surface area contributed by atoms with E-state index in [1.165, 1.54) is 12.1 Å². The van der Waals surface area contributed by atoms with Crippen molar-refractivity contribution in [3.05, 3.63) is 65.9 Å². The molecule has 20 heavy (non-hydrogen) atoms. The normalized spacial score (nSPS) is 10.4. The van der Waals surface area contributed by atoms with Crippen molar-refractivity contribution in [3.8, 4) is 11.8 Å². The molecule has 0 amide bonds. The fourth-order valence-corrected chi connectivity index (χ4v) is 1.89. The van der Waals surface area contributed by atoms with Crippen molar-refractivity contribution in [3.63, 3.8) is 0 Å². The minimum absolute atomic E-state index is 0.00470. The molecule has 0 unspecified atom stereocenters. The monoisotopic (exact) mass is 267 g/mol. The standard InChI is InChI=1S/C15H10FN3O/c16-14-7-13(5-4-11(14)8-17)20-10-12-9-19-6-2-1-3-15(19)18-12/h1-7,9H,10H2. The maximum atomic E-state index is 13.4. The lowest BCUT2D eigenvalue weighted by atomic mass is 10.2. The highest BCUT2D eigenvalue weighted by Crippen LogP contribution is 2.17. The number of pyridine rings is 1. The van der Waals surface area contributed by atoms with Crippen LogP contribution in [0, 0.1) is 17.1 Å². The van der Waals surface area contributed by atoms with Crippen molar-refractivity contribution in [2.45, 2.75) is 6.61 Å². The zero-order chi connectivity index (χ0) is 13.9. The Morgan fingerprint density at radius 3 is 2.95 bits per heavy atom. The minimum Gasteiger partial charge on any atom is -0.487 e. The number of fused-ring (bicyclic) bond motifs is 1. The van der Waals surface area contributed by atoms with Crippen molar-refractivity contribution in [1.29, 1.82) is 5.26 Å². The van der Waals surface area contributed by atoms with E-state index < -0.39 is 5.82 Å². The average molecular weight is 267 g/mol. The molecule has 3 rings (SSSR count). The van der Waals surface area contributed by atoms with Crippen LogP contribution in [0.2, 0.25) is 0 Å². The fourth-order valence-electron chi connectivity index (χ4n) is 1.89. The molecule has 0 aliphatic heterocycles. The first-order chi connectivity index (χ1) is 9.76. The van der Waals surface area contributed by atoms with Crippen LogP contribution in [-0.2, 0) is 6.61 Å². The lowest BCUT2D eigenvalue weighted by Gasteiger charge is -2.04. The Labute approximate surface area is 114 Å². The molecule has 2 aromatic heterocycles. The second-order valence-corrected chi connectivity index (χ2v) is 4.24. The highest BCUT2D eigenvalue weighted by molar-refractivity contribution is 5.39. The van der Waals surface area contributed by atoms with Crippen LogP contribution in [0.15, 0.2) is 48.8 Å². The van der Waals surface area contributed by atoms with E-state index in [4.69, 9.17) is 10.00 Å². The van der Waals surface area contributed by atoms with Crippen LogP contribution >= 0.6 is 0 Å². The number of ether oxygens (including phenoxy) is 1. The maximum absolute atomic E-state index is 13.4. The Bertz CT molecular complexity index is 771. The Balaban J connectivity index is 1.76. The number of nitrogens with zero attached hydrogens (tertiary/aromatic N) is 3. The van der Waals surface area contributed by atoms with Crippen LogP contribution in [0.25, 0.3) is 5.65 Å². The summed E-state index contributed by atoms with van der Waals surface area (Å²) in [5.74, 6) is -0.210. The Morgan fingerprint density at radius 2 is 2.20 bits per heavy atom. The van der Waals surface area contributed by atoms with Crippen LogP contribution < -0.4 is 4.74 Å². The third-order valence-electron chi connectivity index (χ3n) is 2.86. The molecular formula is C15H10FN3O. The summed E-state index contributed by atoms with van der Waals surface area (Å²) in [5, 5.41) is 8.65. The lowest BCUT2D eigenvalue weighted by Crippen LogP contribution is -1.96. The Morgan fingerprint density at radius 1 is 1.30 bits per heavy atom. The number of benzene rings is 1. The van der Waals surface area contributed by atoms with E-state index in [-0.39, 0.29) is 12.2 Å². The third kappa shape index (κ3) is 2.31. The maximum Gasteiger partial charge on any atom is 0.144 e. The number of aromatic nitrogens is 2. The molecule has 0 saturated carbocycles. The van der Waals surface area contributed by atoms with Gasteiger partial charge in [0.15, 0.2) is 0 Å². The van der Waals surface area contributed by atoms with Crippen LogP contribution in [0.4, 0.5) is 4.39 Å². The van der Waals surface area contributed by atoms with Gasteiger partial charge in [0.1, 0.15) is 29.9 Å². The van der Waals surface area contributed by atoms with Gasteiger partial charge in [-0.25, -0.2) is 9.37 Å². The second-order valence-electron chi connectivity index (χ2n) is 4.24. The van der Waals surface area contributed by atoms with Gasteiger partial charge in [-0.2, -0.15) is 5.26 Å². The summed E-state index contributed by atoms with van der Waals surface area (Å²) in [6, 6.07) is 11.6. The minimum atomic E-state index is -0.583. The van der Waals surface area contributed by atoms with Crippen molar-refractivity contribution in [2.75, 3.05) is 0 Å². The van der Waals surface area contributed by atoms with Crippen LogP contribution in [0.1, 0.15) is 11.3 Å². The van der Waals surface area contributed by atoms with E-state index in [0.717, 1.165) is 11.3 Å². The summed E-state index contributed by atoms with van der Waals surface area (Å²) in [4.78, 5) is 4.38. The van der Waals surface area contributed by atoms with E-state index in [0.29, 0.717) is 5.75 Å². The highest BCUT2D eigenvalue weighted by atomic mass is 19.1. The molecule has 0 radical (unpaired) electrons. The summed E-state index contributed by atoms with van der Waals surface area (Å²) in [7, 11) is 0. The number of hydrogen-bond donors (Lipinski definition) is 0. The van der Waals surface area contributed by atoms with Crippen molar-refractivity contribution in [2.24, 2.45) is 0 Å². The molecule has 0 atom stereocenters. The number of nitriles is 1. The van der Waals surface area contributed by atoms with Gasteiger partial charge in [-0.15, -0.1) is 0 Å². The van der Waals surface area contributed by atoms with E-state index in [9.17, 15) is 4.39 Å². The van der Waals surface area contributed by atoms with Crippen molar-refractivity contribution in [1.82, 2.24) is 9.38 Å². The number of halogens is 1. The average Bonchev–Trinajstić information content (AvgIpc) is 2.88. The highest BCUT2D eigenvalue weighted by Gasteiger charge is 2.05. The molecule has 0 N–H and O–H groups in total. The molecule has 98 valence electrons. The SMILES string of the molecule is N#Cc1ccc(OCc2cn3ccccc3n2)cc1F. The van der Waals surface area contributed by atoms with Crippen LogP contribution in [-0.4, -0.2) is 9.38 Å². The molecule has 0 fully saturated rings. The first-order valence-electron chi connectivity index (χ1n) is 6.01. The zero-order valence-electron chi connectivity index (χ0n) is 10.5. The number of hydrogen-bond acceptors (Lipinski definition) is 3. The molecule has 1 aromatic carbocycles. The summed E-state index contributed by atoms with van der Waals surface area (Å²) in [6.07, 6.45) is 3.75. The van der Waals surface area contributed by atoms with Crippen molar-refractivity contribution < 1.29 is 9.13 Å². The van der Waals surface area contributed by atoms with Gasteiger partial charge in [0.05, 0.1) is 11.3 Å². The molecule has 4 nitrogen and oxygen atoms in total. The first kappa shape index (κ1) is 12.2. The van der Waals surface area contributed by atoms with Gasteiger partial charge in [0, 0.05) is 18.5 Å². The van der Waals surface area contributed by atoms with Gasteiger partial charge in [-0.1, -0.05) is 6.07 Å². The molecule has 5 heteroatoms. The quantitative estimate of drug-likeness (QED) is 0.733. The summed E-state index contributed by atoms with van der Waals surface area (Å²) in [5.41, 5.74) is 1.59. The predicted octanol–water partition coefficient (Wildman–Crippen LogP) is 2.92. The second kappa shape index (κ2) is 5.02. The third-order valence-corrected chi connectivity index (χ3v) is 2.86. The first-order valence-corrected chi connectivity index (χ1v) is 6.01. The largest absolute Gasteiger partial charge is 0.487 e.